The van der Waals surface area contributed by atoms with E-state index in [1.54, 1.807) is 0 Å². The van der Waals surface area contributed by atoms with Crippen LogP contribution < -0.4 is 5.32 Å². The van der Waals surface area contributed by atoms with E-state index in [2.05, 4.69) is 21.2 Å². The highest BCUT2D eigenvalue weighted by Gasteiger charge is 2.39. The fourth-order valence-corrected chi connectivity index (χ4v) is 3.08. The van der Waals surface area contributed by atoms with Gasteiger partial charge >= 0.3 is 0 Å². The molecule has 1 aliphatic carbocycles. The Morgan fingerprint density at radius 1 is 1.44 bits per heavy atom. The zero-order valence-electron chi connectivity index (χ0n) is 10.2. The third kappa shape index (κ3) is 1.92. The molecule has 0 amide bonds. The summed E-state index contributed by atoms with van der Waals surface area (Å²) < 4.78 is 0.690. The number of aromatic hydroxyl groups is 1. The first-order chi connectivity index (χ1) is 8.58. The Balaban J connectivity index is 1.94. The Labute approximate surface area is 115 Å². The normalized spacial score (nSPS) is 26.3. The van der Waals surface area contributed by atoms with Crippen molar-refractivity contribution in [1.82, 2.24) is 0 Å². The van der Waals surface area contributed by atoms with Crippen molar-refractivity contribution < 1.29 is 9.90 Å². The number of benzene rings is 1. The molecule has 0 spiro atoms. The Kier molecular flexibility index (Phi) is 2.85. The fraction of sp³-hybridized carbons (Fsp3) is 0.500. The number of carbonyl (C=O) groups is 1. The number of hydrogen-bond donors (Lipinski definition) is 2. The SMILES string of the molecule is CC1Nc2ccc(Br)c(O)c2CC1C(=O)C1CC1. The number of Topliss-reactive ketones (excluding diaryl/α,β-unsaturated/α-hetero) is 1. The van der Waals surface area contributed by atoms with Gasteiger partial charge in [-0.05, 0) is 54.2 Å². The second-order valence-corrected chi connectivity index (χ2v) is 6.20. The highest BCUT2D eigenvalue weighted by molar-refractivity contribution is 9.10. The van der Waals surface area contributed by atoms with E-state index in [4.69, 9.17) is 0 Å². The first kappa shape index (κ1) is 12.0. The van der Waals surface area contributed by atoms with E-state index in [1.165, 1.54) is 0 Å². The Bertz CT molecular complexity index is 511. The number of phenols is 1. The van der Waals surface area contributed by atoms with Gasteiger partial charge in [0.15, 0.2) is 0 Å². The predicted octanol–water partition coefficient (Wildman–Crippen LogP) is 3.11. The van der Waals surface area contributed by atoms with Crippen LogP contribution in [0.4, 0.5) is 5.69 Å². The lowest BCUT2D eigenvalue weighted by molar-refractivity contribution is -0.124. The van der Waals surface area contributed by atoms with Crippen LogP contribution in [-0.2, 0) is 11.2 Å². The monoisotopic (exact) mass is 309 g/mol. The maximum Gasteiger partial charge on any atom is 0.141 e. The summed E-state index contributed by atoms with van der Waals surface area (Å²) in [6, 6.07) is 3.93. The molecule has 1 aliphatic heterocycles. The summed E-state index contributed by atoms with van der Waals surface area (Å²) in [6.45, 7) is 2.05. The van der Waals surface area contributed by atoms with Gasteiger partial charge < -0.3 is 10.4 Å². The predicted molar refractivity (Wildman–Crippen MR) is 73.8 cm³/mol. The van der Waals surface area contributed by atoms with Gasteiger partial charge in [0.1, 0.15) is 11.5 Å². The molecule has 1 heterocycles. The van der Waals surface area contributed by atoms with E-state index in [1.807, 2.05) is 19.1 Å². The van der Waals surface area contributed by atoms with Crippen molar-refractivity contribution >= 4 is 27.4 Å². The van der Waals surface area contributed by atoms with Crippen LogP contribution in [0.1, 0.15) is 25.3 Å². The van der Waals surface area contributed by atoms with Crippen molar-refractivity contribution in [1.29, 1.82) is 0 Å². The first-order valence-corrected chi connectivity index (χ1v) is 7.18. The van der Waals surface area contributed by atoms with Gasteiger partial charge in [-0.2, -0.15) is 0 Å². The number of hydrogen-bond acceptors (Lipinski definition) is 3. The van der Waals surface area contributed by atoms with Crippen molar-refractivity contribution in [3.05, 3.63) is 22.2 Å². The number of nitrogens with one attached hydrogen (secondary N) is 1. The van der Waals surface area contributed by atoms with E-state index >= 15 is 0 Å². The van der Waals surface area contributed by atoms with Crippen molar-refractivity contribution in [2.45, 2.75) is 32.2 Å². The standard InChI is InChI=1S/C14H16BrNO2/c1-7-9(13(17)8-2-3-8)6-10-12(16-7)5-4-11(15)14(10)18/h4-5,7-9,16,18H,2-3,6H2,1H3. The molecule has 1 aromatic rings. The maximum absolute atomic E-state index is 12.2. The zero-order chi connectivity index (χ0) is 12.9. The van der Waals surface area contributed by atoms with E-state index in [-0.39, 0.29) is 23.6 Å². The topological polar surface area (TPSA) is 49.3 Å². The van der Waals surface area contributed by atoms with Crippen LogP contribution in [0.5, 0.6) is 5.75 Å². The highest BCUT2D eigenvalue weighted by atomic mass is 79.9. The van der Waals surface area contributed by atoms with Gasteiger partial charge in [0, 0.05) is 29.1 Å². The van der Waals surface area contributed by atoms with Crippen LogP contribution in [0.15, 0.2) is 16.6 Å². The summed E-state index contributed by atoms with van der Waals surface area (Å²) in [6.07, 6.45) is 2.73. The molecule has 1 fully saturated rings. The number of rotatable bonds is 2. The number of fused-ring (bicyclic) bond motifs is 1. The second kappa shape index (κ2) is 4.26. The van der Waals surface area contributed by atoms with Crippen LogP contribution in [0.3, 0.4) is 0 Å². The first-order valence-electron chi connectivity index (χ1n) is 6.38. The largest absolute Gasteiger partial charge is 0.506 e. The fourth-order valence-electron chi connectivity index (χ4n) is 2.71. The molecule has 2 N–H and O–H groups in total. The lowest BCUT2D eigenvalue weighted by Crippen LogP contribution is -2.38. The van der Waals surface area contributed by atoms with Crippen molar-refractivity contribution in [2.75, 3.05) is 5.32 Å². The molecule has 0 radical (unpaired) electrons. The summed E-state index contributed by atoms with van der Waals surface area (Å²) in [4.78, 5) is 12.2. The molecule has 3 nitrogen and oxygen atoms in total. The van der Waals surface area contributed by atoms with Crippen molar-refractivity contribution in [2.24, 2.45) is 11.8 Å². The molecule has 4 heteroatoms. The van der Waals surface area contributed by atoms with Crippen LogP contribution >= 0.6 is 15.9 Å². The minimum atomic E-state index is -0.00907. The lowest BCUT2D eigenvalue weighted by atomic mass is 9.83. The number of ketones is 1. The summed E-state index contributed by atoms with van der Waals surface area (Å²) in [7, 11) is 0. The maximum atomic E-state index is 12.2. The number of halogens is 1. The van der Waals surface area contributed by atoms with E-state index < -0.39 is 0 Å². The summed E-state index contributed by atoms with van der Waals surface area (Å²) in [5.41, 5.74) is 1.81. The Morgan fingerprint density at radius 2 is 2.17 bits per heavy atom. The molecule has 2 unspecified atom stereocenters. The van der Waals surface area contributed by atoms with Gasteiger partial charge in [-0.15, -0.1) is 0 Å². The minimum absolute atomic E-state index is 0.00907. The second-order valence-electron chi connectivity index (χ2n) is 5.34. The third-order valence-corrected chi connectivity index (χ3v) is 4.63. The number of carbonyl (C=O) groups excluding carboxylic acids is 1. The number of anilines is 1. The molecule has 1 aromatic carbocycles. The van der Waals surface area contributed by atoms with Gasteiger partial charge in [-0.3, -0.25) is 4.79 Å². The Hall–Kier alpha value is -1.03. The molecule has 0 aromatic heterocycles. The molecular formula is C14H16BrNO2. The van der Waals surface area contributed by atoms with E-state index in [0.717, 1.165) is 24.1 Å². The molecule has 2 aliphatic rings. The molecule has 96 valence electrons. The molecular weight excluding hydrogens is 294 g/mol. The lowest BCUT2D eigenvalue weighted by Gasteiger charge is -2.32. The Morgan fingerprint density at radius 3 is 2.83 bits per heavy atom. The van der Waals surface area contributed by atoms with Crippen LogP contribution in [0.25, 0.3) is 0 Å². The van der Waals surface area contributed by atoms with Gasteiger partial charge in [-0.25, -0.2) is 0 Å². The third-order valence-electron chi connectivity index (χ3n) is 3.99. The van der Waals surface area contributed by atoms with E-state index in [9.17, 15) is 9.90 Å². The average molecular weight is 310 g/mol. The van der Waals surface area contributed by atoms with Gasteiger partial charge in [0.2, 0.25) is 0 Å². The van der Waals surface area contributed by atoms with Gasteiger partial charge in [0.05, 0.1) is 4.47 Å². The smallest absolute Gasteiger partial charge is 0.141 e. The summed E-state index contributed by atoms with van der Waals surface area (Å²) in [5, 5.41) is 13.4. The van der Waals surface area contributed by atoms with Crippen LogP contribution in [-0.4, -0.2) is 16.9 Å². The van der Waals surface area contributed by atoms with Gasteiger partial charge in [0.25, 0.3) is 0 Å². The van der Waals surface area contributed by atoms with Gasteiger partial charge in [-0.1, -0.05) is 0 Å². The molecule has 0 saturated heterocycles. The molecule has 3 rings (SSSR count). The van der Waals surface area contributed by atoms with Crippen molar-refractivity contribution in [3.63, 3.8) is 0 Å². The van der Waals surface area contributed by atoms with Crippen molar-refractivity contribution in [3.8, 4) is 5.75 Å². The minimum Gasteiger partial charge on any atom is -0.506 e. The quantitative estimate of drug-likeness (QED) is 0.882. The molecule has 0 bridgehead atoms. The van der Waals surface area contributed by atoms with Crippen LogP contribution in [0, 0.1) is 11.8 Å². The molecule has 1 saturated carbocycles. The average Bonchev–Trinajstić information content (AvgIpc) is 3.17. The zero-order valence-corrected chi connectivity index (χ0v) is 11.8. The van der Waals surface area contributed by atoms with E-state index in [0.29, 0.717) is 16.7 Å². The summed E-state index contributed by atoms with van der Waals surface area (Å²) in [5.74, 6) is 0.890. The number of phenolic OH excluding ortho intramolecular Hbond substituents is 1. The van der Waals surface area contributed by atoms with Crippen LogP contribution in [0.2, 0.25) is 0 Å². The molecule has 18 heavy (non-hydrogen) atoms. The summed E-state index contributed by atoms with van der Waals surface area (Å²) >= 11 is 3.32. The highest BCUT2D eigenvalue weighted by Crippen LogP contribution is 2.42. The molecule has 2 atom stereocenters.